The van der Waals surface area contributed by atoms with E-state index in [2.05, 4.69) is 32.2 Å². The predicted molar refractivity (Wildman–Crippen MR) is 105 cm³/mol. The number of nitro groups is 1. The average Bonchev–Trinajstić information content (AvgIpc) is 2.62. The minimum absolute atomic E-state index is 0.0778. The number of piperidine rings is 1. The van der Waals surface area contributed by atoms with E-state index in [-0.39, 0.29) is 34.9 Å². The van der Waals surface area contributed by atoms with Gasteiger partial charge in [0.1, 0.15) is 0 Å². The molecule has 0 spiro atoms. The molecule has 11 heteroatoms. The maximum absolute atomic E-state index is 11.3. The number of hydrogen-bond donors (Lipinski definition) is 1. The molecule has 1 N–H and O–H groups in total. The quantitative estimate of drug-likeness (QED) is 0.447. The van der Waals surface area contributed by atoms with Crippen LogP contribution in [-0.2, 0) is 3.79 Å². The van der Waals surface area contributed by atoms with Crippen molar-refractivity contribution in [1.82, 2.24) is 19.9 Å². The van der Waals surface area contributed by atoms with E-state index in [9.17, 15) is 10.1 Å². The molecule has 0 saturated carbocycles. The molecule has 1 saturated heterocycles. The Kier molecular flexibility index (Phi) is 6.00. The van der Waals surface area contributed by atoms with Crippen LogP contribution in [0.1, 0.15) is 18.7 Å². The van der Waals surface area contributed by atoms with Gasteiger partial charge in [-0.05, 0) is 39.0 Å². The van der Waals surface area contributed by atoms with Crippen LogP contribution in [0.2, 0.25) is 0 Å². The molecule has 0 aliphatic carbocycles. The van der Waals surface area contributed by atoms with Crippen LogP contribution in [0.4, 0.5) is 11.6 Å². The molecule has 1 aromatic heterocycles. The van der Waals surface area contributed by atoms with Gasteiger partial charge in [0.15, 0.2) is 11.6 Å². The molecule has 1 aliphatic rings. The normalized spacial score (nSPS) is 16.3. The van der Waals surface area contributed by atoms with Gasteiger partial charge in [-0.25, -0.2) is 4.98 Å². The summed E-state index contributed by atoms with van der Waals surface area (Å²) in [5.74, 6) is 0.217. The van der Waals surface area contributed by atoms with Crippen LogP contribution in [0.5, 0.6) is 0 Å². The summed E-state index contributed by atoms with van der Waals surface area (Å²) in [5.41, 5.74) is 0.0936. The minimum atomic E-state index is -1.88. The SMILES string of the molecule is CN1CCC(Nc2nc(-c3ccccc3[N+](=O)[O-])nc(C(Cl)(Cl)Cl)n2)CC1. The van der Waals surface area contributed by atoms with Gasteiger partial charge >= 0.3 is 0 Å². The topological polar surface area (TPSA) is 97.1 Å². The lowest BCUT2D eigenvalue weighted by molar-refractivity contribution is -0.384. The fourth-order valence-electron chi connectivity index (χ4n) is 2.85. The number of anilines is 1. The summed E-state index contributed by atoms with van der Waals surface area (Å²) in [6.45, 7) is 1.88. The van der Waals surface area contributed by atoms with E-state index in [1.165, 1.54) is 6.07 Å². The third-order valence-electron chi connectivity index (χ3n) is 4.28. The van der Waals surface area contributed by atoms with Crippen LogP contribution < -0.4 is 5.32 Å². The first-order valence-corrected chi connectivity index (χ1v) is 9.39. The Morgan fingerprint density at radius 1 is 1.19 bits per heavy atom. The molecule has 0 amide bonds. The maximum Gasteiger partial charge on any atom is 0.280 e. The molecule has 0 radical (unpaired) electrons. The van der Waals surface area contributed by atoms with Crippen molar-refractivity contribution in [3.05, 3.63) is 40.2 Å². The molecule has 3 rings (SSSR count). The number of rotatable bonds is 4. The predicted octanol–water partition coefficient (Wildman–Crippen LogP) is 3.78. The summed E-state index contributed by atoms with van der Waals surface area (Å²) in [5, 5.41) is 14.6. The zero-order chi connectivity index (χ0) is 19.6. The fourth-order valence-corrected chi connectivity index (χ4v) is 3.10. The van der Waals surface area contributed by atoms with Crippen molar-refractivity contribution in [3.8, 4) is 11.4 Å². The Hall–Kier alpha value is -1.74. The second kappa shape index (κ2) is 8.10. The van der Waals surface area contributed by atoms with Crippen molar-refractivity contribution < 1.29 is 4.92 Å². The Bertz CT molecular complexity index is 837. The number of aromatic nitrogens is 3. The lowest BCUT2D eigenvalue weighted by Gasteiger charge is -2.29. The van der Waals surface area contributed by atoms with Crippen molar-refractivity contribution in [2.24, 2.45) is 0 Å². The van der Waals surface area contributed by atoms with Crippen molar-refractivity contribution in [1.29, 1.82) is 0 Å². The van der Waals surface area contributed by atoms with Gasteiger partial charge in [0.05, 0.1) is 10.5 Å². The van der Waals surface area contributed by atoms with Crippen LogP contribution in [-0.4, -0.2) is 51.0 Å². The van der Waals surface area contributed by atoms with Crippen molar-refractivity contribution in [3.63, 3.8) is 0 Å². The highest BCUT2D eigenvalue weighted by Crippen LogP contribution is 2.37. The van der Waals surface area contributed by atoms with Crippen molar-refractivity contribution in [2.45, 2.75) is 22.7 Å². The van der Waals surface area contributed by atoms with Crippen LogP contribution in [0.25, 0.3) is 11.4 Å². The Labute approximate surface area is 171 Å². The standard InChI is InChI=1S/C16H17Cl3N6O2/c1-24-8-6-10(7-9-24)20-15-22-13(21-14(23-15)16(17,18)19)11-4-2-3-5-12(11)25(26)27/h2-5,10H,6-9H2,1H3,(H,20,21,22,23). The van der Waals surface area contributed by atoms with Crippen LogP contribution in [0.3, 0.4) is 0 Å². The number of alkyl halides is 3. The van der Waals surface area contributed by atoms with Crippen molar-refractivity contribution >= 4 is 46.4 Å². The number of likely N-dealkylation sites (tertiary alicyclic amines) is 1. The van der Waals surface area contributed by atoms with Gasteiger partial charge in [-0.3, -0.25) is 10.1 Å². The molecular formula is C16H17Cl3N6O2. The van der Waals surface area contributed by atoms with E-state index in [1.54, 1.807) is 18.2 Å². The molecular weight excluding hydrogens is 415 g/mol. The fraction of sp³-hybridized carbons (Fsp3) is 0.438. The van der Waals surface area contributed by atoms with E-state index in [1.807, 2.05) is 0 Å². The first-order chi connectivity index (χ1) is 12.7. The summed E-state index contributed by atoms with van der Waals surface area (Å²) in [6.07, 6.45) is 1.82. The average molecular weight is 432 g/mol. The van der Waals surface area contributed by atoms with Gasteiger partial charge in [0, 0.05) is 12.1 Å². The molecule has 2 aromatic rings. The number of hydrogen-bond acceptors (Lipinski definition) is 7. The Balaban J connectivity index is 2.00. The summed E-state index contributed by atoms with van der Waals surface area (Å²) in [6, 6.07) is 6.31. The van der Waals surface area contributed by atoms with Gasteiger partial charge < -0.3 is 10.2 Å². The summed E-state index contributed by atoms with van der Waals surface area (Å²) in [4.78, 5) is 25.8. The molecule has 144 valence electrons. The third-order valence-corrected chi connectivity index (χ3v) is 4.79. The lowest BCUT2D eigenvalue weighted by Crippen LogP contribution is -2.37. The van der Waals surface area contributed by atoms with Gasteiger partial charge in [0.25, 0.3) is 5.69 Å². The van der Waals surface area contributed by atoms with Gasteiger partial charge in [-0.1, -0.05) is 46.9 Å². The van der Waals surface area contributed by atoms with Crippen LogP contribution in [0, 0.1) is 10.1 Å². The highest BCUT2D eigenvalue weighted by Gasteiger charge is 2.30. The Morgan fingerprint density at radius 2 is 1.85 bits per heavy atom. The van der Waals surface area contributed by atoms with E-state index in [0.717, 1.165) is 25.9 Å². The van der Waals surface area contributed by atoms with Gasteiger partial charge in [0.2, 0.25) is 9.74 Å². The zero-order valence-electron chi connectivity index (χ0n) is 14.4. The number of benzene rings is 1. The molecule has 1 aromatic carbocycles. The number of para-hydroxylation sites is 1. The second-order valence-corrected chi connectivity index (χ2v) is 8.58. The largest absolute Gasteiger partial charge is 0.351 e. The summed E-state index contributed by atoms with van der Waals surface area (Å²) in [7, 11) is 2.06. The van der Waals surface area contributed by atoms with Gasteiger partial charge in [-0.15, -0.1) is 0 Å². The lowest BCUT2D eigenvalue weighted by atomic mass is 10.1. The maximum atomic E-state index is 11.3. The first kappa shape index (κ1) is 20.0. The summed E-state index contributed by atoms with van der Waals surface area (Å²) >= 11 is 17.9. The molecule has 0 bridgehead atoms. The van der Waals surface area contributed by atoms with E-state index in [4.69, 9.17) is 34.8 Å². The minimum Gasteiger partial charge on any atom is -0.351 e. The summed E-state index contributed by atoms with van der Waals surface area (Å²) < 4.78 is -1.88. The Morgan fingerprint density at radius 3 is 2.48 bits per heavy atom. The number of halogens is 3. The first-order valence-electron chi connectivity index (χ1n) is 8.26. The second-order valence-electron chi connectivity index (χ2n) is 6.30. The van der Waals surface area contributed by atoms with E-state index >= 15 is 0 Å². The molecule has 0 unspecified atom stereocenters. The number of nitrogens with zero attached hydrogens (tertiary/aromatic N) is 5. The van der Waals surface area contributed by atoms with E-state index in [0.29, 0.717) is 0 Å². The highest BCUT2D eigenvalue weighted by atomic mass is 35.6. The number of nitrogens with one attached hydrogen (secondary N) is 1. The zero-order valence-corrected chi connectivity index (χ0v) is 16.7. The monoisotopic (exact) mass is 430 g/mol. The van der Waals surface area contributed by atoms with Crippen molar-refractivity contribution in [2.75, 3.05) is 25.5 Å². The highest BCUT2D eigenvalue weighted by molar-refractivity contribution is 6.66. The van der Waals surface area contributed by atoms with Crippen LogP contribution >= 0.6 is 34.8 Å². The molecule has 0 atom stereocenters. The van der Waals surface area contributed by atoms with Gasteiger partial charge in [-0.2, -0.15) is 9.97 Å². The molecule has 1 fully saturated rings. The smallest absolute Gasteiger partial charge is 0.280 e. The molecule has 8 nitrogen and oxygen atoms in total. The van der Waals surface area contributed by atoms with E-state index < -0.39 is 8.72 Å². The molecule has 2 heterocycles. The van der Waals surface area contributed by atoms with Crippen LogP contribution in [0.15, 0.2) is 24.3 Å². The molecule has 1 aliphatic heterocycles. The number of nitro benzene ring substituents is 1. The molecule has 27 heavy (non-hydrogen) atoms. The third kappa shape index (κ3) is 4.95.